The number of rotatable bonds is 5. The molecule has 0 saturated carbocycles. The third kappa shape index (κ3) is 10.7. The Morgan fingerprint density at radius 3 is 2.47 bits per heavy atom. The fourth-order valence-electron chi connectivity index (χ4n) is 0.982. The first-order chi connectivity index (χ1) is 6.81. The molecule has 0 aliphatic carbocycles. The summed E-state index contributed by atoms with van der Waals surface area (Å²) < 4.78 is 5.07. The van der Waals surface area contributed by atoms with Gasteiger partial charge in [-0.15, -0.1) is 0 Å². The van der Waals surface area contributed by atoms with E-state index in [1.807, 2.05) is 20.8 Å². The van der Waals surface area contributed by atoms with Crippen LogP contribution in [0.15, 0.2) is 12.3 Å². The number of allylic oxidation sites excluding steroid dienone is 1. The van der Waals surface area contributed by atoms with Crippen molar-refractivity contribution in [2.45, 2.75) is 45.6 Å². The highest BCUT2D eigenvalue weighted by molar-refractivity contribution is 5.67. The Kier molecular flexibility index (Phi) is 5.82. The molecule has 0 rings (SSSR count). The summed E-state index contributed by atoms with van der Waals surface area (Å²) in [5.41, 5.74) is 5.66. The van der Waals surface area contributed by atoms with Gasteiger partial charge in [-0.3, -0.25) is 0 Å². The van der Waals surface area contributed by atoms with E-state index in [-0.39, 0.29) is 6.09 Å². The summed E-state index contributed by atoms with van der Waals surface area (Å²) in [4.78, 5) is 11.2. The Labute approximate surface area is 91.9 Å². The van der Waals surface area contributed by atoms with Crippen LogP contribution in [0.5, 0.6) is 0 Å². The highest BCUT2D eigenvalue weighted by atomic mass is 16.6. The van der Waals surface area contributed by atoms with E-state index in [4.69, 9.17) is 10.5 Å². The van der Waals surface area contributed by atoms with E-state index in [0.29, 0.717) is 12.2 Å². The summed E-state index contributed by atoms with van der Waals surface area (Å²) in [6.45, 7) is 9.73. The van der Waals surface area contributed by atoms with Gasteiger partial charge in [0, 0.05) is 12.2 Å². The van der Waals surface area contributed by atoms with Crippen LogP contribution in [0.25, 0.3) is 0 Å². The summed E-state index contributed by atoms with van der Waals surface area (Å²) in [7, 11) is 0. The van der Waals surface area contributed by atoms with Gasteiger partial charge in [0.15, 0.2) is 0 Å². The fraction of sp³-hybridized carbons (Fsp3) is 0.727. The number of hydrogen-bond acceptors (Lipinski definition) is 3. The number of carbonyl (C=O) groups excluding carboxylic acids is 1. The number of carbonyl (C=O) groups is 1. The first-order valence-electron chi connectivity index (χ1n) is 5.21. The Balaban J connectivity index is 3.44. The van der Waals surface area contributed by atoms with Crippen LogP contribution >= 0.6 is 0 Å². The largest absolute Gasteiger partial charge is 0.444 e. The zero-order valence-corrected chi connectivity index (χ0v) is 9.93. The number of nitrogens with two attached hydrogens (primary N) is 1. The Morgan fingerprint density at radius 2 is 2.00 bits per heavy atom. The molecular weight excluding hydrogens is 192 g/mol. The molecule has 0 aromatic rings. The Morgan fingerprint density at radius 1 is 1.40 bits per heavy atom. The highest BCUT2D eigenvalue weighted by Gasteiger charge is 2.15. The topological polar surface area (TPSA) is 64.3 Å². The first-order valence-corrected chi connectivity index (χ1v) is 5.21. The van der Waals surface area contributed by atoms with Gasteiger partial charge >= 0.3 is 6.09 Å². The molecule has 0 aromatic heterocycles. The predicted octanol–water partition coefficient (Wildman–Crippen LogP) is 2.15. The van der Waals surface area contributed by atoms with Crippen molar-refractivity contribution >= 4 is 6.09 Å². The van der Waals surface area contributed by atoms with Crippen LogP contribution in [0.2, 0.25) is 0 Å². The van der Waals surface area contributed by atoms with E-state index in [0.717, 1.165) is 19.3 Å². The van der Waals surface area contributed by atoms with Crippen LogP contribution in [0.4, 0.5) is 4.79 Å². The zero-order valence-electron chi connectivity index (χ0n) is 9.93. The van der Waals surface area contributed by atoms with E-state index < -0.39 is 5.60 Å². The number of unbranched alkanes of at least 4 members (excludes halogenated alkanes) is 1. The third-order valence-corrected chi connectivity index (χ3v) is 1.59. The number of nitrogens with one attached hydrogen (secondary N) is 1. The number of hydrogen-bond donors (Lipinski definition) is 2. The maximum Gasteiger partial charge on any atom is 0.407 e. The molecule has 4 nitrogen and oxygen atoms in total. The predicted molar refractivity (Wildman–Crippen MR) is 61.4 cm³/mol. The van der Waals surface area contributed by atoms with Crippen molar-refractivity contribution in [2.75, 3.05) is 6.54 Å². The normalized spacial score (nSPS) is 10.9. The molecule has 0 fully saturated rings. The standard InChI is InChI=1S/C11H22N2O2/c1-9(12)7-5-6-8-13-10(14)15-11(2,3)4/h1,5-8,12H2,2-4H3,(H,13,14). The molecule has 0 aliphatic rings. The number of amides is 1. The maximum atomic E-state index is 11.2. The van der Waals surface area contributed by atoms with Crippen LogP contribution in [0.3, 0.4) is 0 Å². The van der Waals surface area contributed by atoms with Gasteiger partial charge in [0.05, 0.1) is 0 Å². The molecule has 0 radical (unpaired) electrons. The number of alkyl carbamates (subject to hydrolysis) is 1. The lowest BCUT2D eigenvalue weighted by atomic mass is 10.2. The molecule has 0 atom stereocenters. The van der Waals surface area contributed by atoms with Gasteiger partial charge in [-0.05, 0) is 40.0 Å². The summed E-state index contributed by atoms with van der Waals surface area (Å²) >= 11 is 0. The summed E-state index contributed by atoms with van der Waals surface area (Å²) in [5, 5.41) is 2.68. The van der Waals surface area contributed by atoms with Crippen molar-refractivity contribution in [3.63, 3.8) is 0 Å². The zero-order chi connectivity index (χ0) is 11.9. The quantitative estimate of drug-likeness (QED) is 0.689. The molecule has 1 amide bonds. The van der Waals surface area contributed by atoms with E-state index in [9.17, 15) is 4.79 Å². The second-order valence-corrected chi connectivity index (χ2v) is 4.54. The molecule has 0 spiro atoms. The molecule has 15 heavy (non-hydrogen) atoms. The highest BCUT2D eigenvalue weighted by Crippen LogP contribution is 2.06. The van der Waals surface area contributed by atoms with E-state index in [1.54, 1.807) is 0 Å². The van der Waals surface area contributed by atoms with Crippen LogP contribution < -0.4 is 11.1 Å². The molecule has 0 bridgehead atoms. The lowest BCUT2D eigenvalue weighted by Crippen LogP contribution is -2.33. The van der Waals surface area contributed by atoms with Gasteiger partial charge in [0.2, 0.25) is 0 Å². The molecule has 0 aromatic carbocycles. The molecule has 0 aliphatic heterocycles. The summed E-state index contributed by atoms with van der Waals surface area (Å²) in [5.74, 6) is 0. The second kappa shape index (κ2) is 6.32. The van der Waals surface area contributed by atoms with E-state index >= 15 is 0 Å². The molecule has 0 unspecified atom stereocenters. The van der Waals surface area contributed by atoms with Crippen LogP contribution in [0.1, 0.15) is 40.0 Å². The molecule has 0 heterocycles. The van der Waals surface area contributed by atoms with Crippen LogP contribution in [-0.2, 0) is 4.74 Å². The van der Waals surface area contributed by atoms with Crippen molar-refractivity contribution in [1.29, 1.82) is 0 Å². The minimum Gasteiger partial charge on any atom is -0.444 e. The first kappa shape index (κ1) is 13.8. The smallest absolute Gasteiger partial charge is 0.407 e. The van der Waals surface area contributed by atoms with Crippen molar-refractivity contribution in [3.8, 4) is 0 Å². The average molecular weight is 214 g/mol. The lowest BCUT2D eigenvalue weighted by Gasteiger charge is -2.19. The van der Waals surface area contributed by atoms with Gasteiger partial charge in [0.1, 0.15) is 5.60 Å². The number of ether oxygens (including phenoxy) is 1. The average Bonchev–Trinajstić information content (AvgIpc) is 1.99. The van der Waals surface area contributed by atoms with Gasteiger partial charge in [-0.25, -0.2) is 4.79 Å². The monoisotopic (exact) mass is 214 g/mol. The molecule has 3 N–H and O–H groups in total. The summed E-state index contributed by atoms with van der Waals surface area (Å²) in [6, 6.07) is 0. The molecule has 0 saturated heterocycles. The van der Waals surface area contributed by atoms with Crippen molar-refractivity contribution in [3.05, 3.63) is 12.3 Å². The van der Waals surface area contributed by atoms with E-state index in [1.165, 1.54) is 0 Å². The lowest BCUT2D eigenvalue weighted by molar-refractivity contribution is 0.0527. The SMILES string of the molecule is C=C(N)CCCCNC(=O)OC(C)(C)C. The van der Waals surface area contributed by atoms with Crippen molar-refractivity contribution in [2.24, 2.45) is 5.73 Å². The van der Waals surface area contributed by atoms with Gasteiger partial charge in [-0.2, -0.15) is 0 Å². The molecule has 88 valence electrons. The van der Waals surface area contributed by atoms with E-state index in [2.05, 4.69) is 11.9 Å². The molecular formula is C11H22N2O2. The van der Waals surface area contributed by atoms with Gasteiger partial charge < -0.3 is 15.8 Å². The van der Waals surface area contributed by atoms with Crippen LogP contribution in [0, 0.1) is 0 Å². The Hall–Kier alpha value is -1.19. The third-order valence-electron chi connectivity index (χ3n) is 1.59. The van der Waals surface area contributed by atoms with Crippen molar-refractivity contribution in [1.82, 2.24) is 5.32 Å². The van der Waals surface area contributed by atoms with Gasteiger partial charge in [0.25, 0.3) is 0 Å². The summed E-state index contributed by atoms with van der Waals surface area (Å²) in [6.07, 6.45) is 2.26. The van der Waals surface area contributed by atoms with Crippen LogP contribution in [-0.4, -0.2) is 18.2 Å². The fourth-order valence-corrected chi connectivity index (χ4v) is 0.982. The second-order valence-electron chi connectivity index (χ2n) is 4.54. The van der Waals surface area contributed by atoms with Crippen molar-refractivity contribution < 1.29 is 9.53 Å². The maximum absolute atomic E-state index is 11.2. The van der Waals surface area contributed by atoms with Gasteiger partial charge in [-0.1, -0.05) is 6.58 Å². The minimum absolute atomic E-state index is 0.367. The minimum atomic E-state index is -0.435. The Bertz CT molecular complexity index is 219. The molecule has 4 heteroatoms.